The fourth-order valence-corrected chi connectivity index (χ4v) is 3.18. The van der Waals surface area contributed by atoms with Crippen molar-refractivity contribution < 1.29 is 9.53 Å². The average Bonchev–Trinajstić information content (AvgIpc) is 2.89. The van der Waals surface area contributed by atoms with Gasteiger partial charge >= 0.3 is 0 Å². The summed E-state index contributed by atoms with van der Waals surface area (Å²) < 4.78 is 5.37. The maximum absolute atomic E-state index is 12.4. The molecule has 1 aromatic carbocycles. The molecule has 3 rings (SSSR count). The molecule has 0 bridgehead atoms. The van der Waals surface area contributed by atoms with Crippen LogP contribution in [0.15, 0.2) is 30.3 Å². The molecule has 2 fully saturated rings. The number of benzene rings is 1. The highest BCUT2D eigenvalue weighted by atomic mass is 16.5. The molecular weight excluding hydrogens is 264 g/mol. The van der Waals surface area contributed by atoms with Crippen LogP contribution in [0.5, 0.6) is 0 Å². The van der Waals surface area contributed by atoms with Crippen molar-refractivity contribution in [1.82, 2.24) is 4.90 Å². The summed E-state index contributed by atoms with van der Waals surface area (Å²) in [4.78, 5) is 16.8. The minimum atomic E-state index is 0.306. The van der Waals surface area contributed by atoms with Crippen molar-refractivity contribution in [1.29, 1.82) is 0 Å². The molecule has 2 saturated heterocycles. The minimum absolute atomic E-state index is 0.306. The van der Waals surface area contributed by atoms with Gasteiger partial charge in [0.05, 0.1) is 0 Å². The van der Waals surface area contributed by atoms with Gasteiger partial charge in [0.2, 0.25) is 5.91 Å². The molecule has 0 aliphatic carbocycles. The molecule has 1 atom stereocenters. The molecule has 2 aliphatic rings. The molecule has 4 nitrogen and oxygen atoms in total. The third-order valence-corrected chi connectivity index (χ3v) is 4.46. The second kappa shape index (κ2) is 6.94. The molecule has 1 aromatic rings. The Kier molecular flexibility index (Phi) is 4.76. The Morgan fingerprint density at radius 3 is 2.76 bits per heavy atom. The Balaban J connectivity index is 1.54. The Labute approximate surface area is 126 Å². The molecule has 4 heteroatoms. The van der Waals surface area contributed by atoms with Crippen molar-refractivity contribution in [2.75, 3.05) is 44.3 Å². The first-order valence-electron chi connectivity index (χ1n) is 7.98. The van der Waals surface area contributed by atoms with Crippen LogP contribution in [0.1, 0.15) is 19.3 Å². The maximum atomic E-state index is 12.4. The normalized spacial score (nSPS) is 23.1. The highest BCUT2D eigenvalue weighted by Crippen LogP contribution is 2.19. The first-order chi connectivity index (χ1) is 10.3. The van der Waals surface area contributed by atoms with Crippen LogP contribution in [0, 0.1) is 5.92 Å². The number of hydrogen-bond donors (Lipinski definition) is 0. The third kappa shape index (κ3) is 3.76. The Hall–Kier alpha value is -1.55. The molecule has 1 unspecified atom stereocenters. The zero-order valence-electron chi connectivity index (χ0n) is 12.5. The van der Waals surface area contributed by atoms with E-state index >= 15 is 0 Å². The second-order valence-electron chi connectivity index (χ2n) is 5.99. The quantitative estimate of drug-likeness (QED) is 0.854. The number of anilines is 1. The highest BCUT2D eigenvalue weighted by Gasteiger charge is 2.24. The Morgan fingerprint density at radius 1 is 1.14 bits per heavy atom. The van der Waals surface area contributed by atoms with Crippen molar-refractivity contribution in [3.8, 4) is 0 Å². The summed E-state index contributed by atoms with van der Waals surface area (Å²) in [7, 11) is 0. The van der Waals surface area contributed by atoms with E-state index in [1.54, 1.807) is 0 Å². The lowest BCUT2D eigenvalue weighted by Crippen LogP contribution is -2.36. The first-order valence-corrected chi connectivity index (χ1v) is 7.98. The molecule has 21 heavy (non-hydrogen) atoms. The predicted molar refractivity (Wildman–Crippen MR) is 83.4 cm³/mol. The summed E-state index contributed by atoms with van der Waals surface area (Å²) >= 11 is 0. The predicted octanol–water partition coefficient (Wildman–Crippen LogP) is 2.15. The van der Waals surface area contributed by atoms with Gasteiger partial charge in [0, 0.05) is 51.5 Å². The molecule has 0 saturated carbocycles. The van der Waals surface area contributed by atoms with Crippen LogP contribution in [-0.2, 0) is 9.53 Å². The lowest BCUT2D eigenvalue weighted by atomic mass is 10.0. The lowest BCUT2D eigenvalue weighted by Gasteiger charge is -2.24. The Bertz CT molecular complexity index is 457. The second-order valence-corrected chi connectivity index (χ2v) is 5.99. The van der Waals surface area contributed by atoms with E-state index in [0.717, 1.165) is 52.2 Å². The topological polar surface area (TPSA) is 32.8 Å². The summed E-state index contributed by atoms with van der Waals surface area (Å²) in [5, 5.41) is 0. The lowest BCUT2D eigenvalue weighted by molar-refractivity contribution is -0.132. The van der Waals surface area contributed by atoms with Crippen molar-refractivity contribution in [3.05, 3.63) is 30.3 Å². The SMILES string of the molecule is O=C(CC1CCOC1)N1CCCN(c2ccccc2)CC1. The van der Waals surface area contributed by atoms with Crippen LogP contribution in [0.3, 0.4) is 0 Å². The largest absolute Gasteiger partial charge is 0.381 e. The molecule has 114 valence electrons. The molecule has 0 radical (unpaired) electrons. The van der Waals surface area contributed by atoms with Crippen LogP contribution >= 0.6 is 0 Å². The number of amides is 1. The van der Waals surface area contributed by atoms with Crippen LogP contribution in [-0.4, -0.2) is 50.2 Å². The fraction of sp³-hybridized carbons (Fsp3) is 0.588. The van der Waals surface area contributed by atoms with Gasteiger partial charge in [-0.05, 0) is 30.9 Å². The molecule has 2 heterocycles. The van der Waals surface area contributed by atoms with Crippen LogP contribution in [0.4, 0.5) is 5.69 Å². The van der Waals surface area contributed by atoms with Gasteiger partial charge in [-0.25, -0.2) is 0 Å². The molecular formula is C17H24N2O2. The van der Waals surface area contributed by atoms with E-state index < -0.39 is 0 Å². The Morgan fingerprint density at radius 2 is 2.00 bits per heavy atom. The first kappa shape index (κ1) is 14.4. The van der Waals surface area contributed by atoms with Crippen molar-refractivity contribution in [3.63, 3.8) is 0 Å². The average molecular weight is 288 g/mol. The molecule has 2 aliphatic heterocycles. The van der Waals surface area contributed by atoms with E-state index in [2.05, 4.69) is 29.2 Å². The van der Waals surface area contributed by atoms with E-state index in [4.69, 9.17) is 4.74 Å². The van der Waals surface area contributed by atoms with E-state index in [1.165, 1.54) is 5.69 Å². The highest BCUT2D eigenvalue weighted by molar-refractivity contribution is 5.76. The zero-order valence-corrected chi connectivity index (χ0v) is 12.5. The molecule has 0 aromatic heterocycles. The number of rotatable bonds is 3. The van der Waals surface area contributed by atoms with E-state index in [-0.39, 0.29) is 0 Å². The van der Waals surface area contributed by atoms with Crippen molar-refractivity contribution in [2.24, 2.45) is 5.92 Å². The maximum Gasteiger partial charge on any atom is 0.222 e. The molecule has 1 amide bonds. The van der Waals surface area contributed by atoms with Gasteiger partial charge in [-0.2, -0.15) is 0 Å². The fourth-order valence-electron chi connectivity index (χ4n) is 3.18. The van der Waals surface area contributed by atoms with E-state index in [1.807, 2.05) is 11.0 Å². The summed E-state index contributed by atoms with van der Waals surface area (Å²) in [6.45, 7) is 5.25. The minimum Gasteiger partial charge on any atom is -0.381 e. The van der Waals surface area contributed by atoms with Crippen LogP contribution in [0.25, 0.3) is 0 Å². The molecule has 0 N–H and O–H groups in total. The van der Waals surface area contributed by atoms with Gasteiger partial charge < -0.3 is 14.5 Å². The van der Waals surface area contributed by atoms with Crippen molar-refractivity contribution in [2.45, 2.75) is 19.3 Å². The summed E-state index contributed by atoms with van der Waals surface area (Å²) in [6.07, 6.45) is 2.74. The summed E-state index contributed by atoms with van der Waals surface area (Å²) in [5.74, 6) is 0.742. The van der Waals surface area contributed by atoms with Crippen LogP contribution in [0.2, 0.25) is 0 Å². The number of carbonyl (C=O) groups excluding carboxylic acids is 1. The molecule has 0 spiro atoms. The number of para-hydroxylation sites is 1. The van der Waals surface area contributed by atoms with Gasteiger partial charge in [-0.3, -0.25) is 4.79 Å². The van der Waals surface area contributed by atoms with Gasteiger partial charge in [0.1, 0.15) is 0 Å². The van der Waals surface area contributed by atoms with Crippen LogP contribution < -0.4 is 4.90 Å². The third-order valence-electron chi connectivity index (χ3n) is 4.46. The zero-order chi connectivity index (χ0) is 14.5. The standard InChI is InChI=1S/C17H24N2O2/c20-17(13-15-7-12-21-14-15)19-9-4-8-18(10-11-19)16-5-2-1-3-6-16/h1-3,5-6,15H,4,7-14H2. The van der Waals surface area contributed by atoms with E-state index in [9.17, 15) is 4.79 Å². The van der Waals surface area contributed by atoms with E-state index in [0.29, 0.717) is 18.2 Å². The summed E-state index contributed by atoms with van der Waals surface area (Å²) in [6, 6.07) is 10.5. The van der Waals surface area contributed by atoms with Crippen molar-refractivity contribution >= 4 is 11.6 Å². The number of ether oxygens (including phenoxy) is 1. The van der Waals surface area contributed by atoms with Gasteiger partial charge in [0.15, 0.2) is 0 Å². The number of carbonyl (C=O) groups is 1. The summed E-state index contributed by atoms with van der Waals surface area (Å²) in [5.41, 5.74) is 1.26. The number of hydrogen-bond acceptors (Lipinski definition) is 3. The van der Waals surface area contributed by atoms with Gasteiger partial charge in [-0.1, -0.05) is 18.2 Å². The van der Waals surface area contributed by atoms with Gasteiger partial charge in [-0.15, -0.1) is 0 Å². The monoisotopic (exact) mass is 288 g/mol. The number of nitrogens with zero attached hydrogens (tertiary/aromatic N) is 2. The van der Waals surface area contributed by atoms with Gasteiger partial charge in [0.25, 0.3) is 0 Å². The smallest absolute Gasteiger partial charge is 0.222 e.